The van der Waals surface area contributed by atoms with Crippen LogP contribution in [-0.4, -0.2) is 24.9 Å². The number of nitrogens with two attached hydrogens (primary N) is 1. The zero-order valence-electron chi connectivity index (χ0n) is 10.6. The lowest BCUT2D eigenvalue weighted by Crippen LogP contribution is -2.23. The van der Waals surface area contributed by atoms with E-state index in [0.717, 1.165) is 0 Å². The normalized spacial score (nSPS) is 10.8. The van der Waals surface area contributed by atoms with E-state index in [-0.39, 0.29) is 18.0 Å². The molecular weight excluding hydrogens is 276 g/mol. The maximum atomic E-state index is 12.1. The third-order valence-electron chi connectivity index (χ3n) is 2.46. The van der Waals surface area contributed by atoms with Crippen molar-refractivity contribution in [1.82, 2.24) is 14.7 Å². The van der Waals surface area contributed by atoms with Crippen LogP contribution < -0.4 is 10.5 Å². The number of imidazole rings is 1. The van der Waals surface area contributed by atoms with Crippen molar-refractivity contribution >= 4 is 10.0 Å². The van der Waals surface area contributed by atoms with Crippen LogP contribution in [0.15, 0.2) is 41.6 Å². The van der Waals surface area contributed by atoms with Crippen LogP contribution >= 0.6 is 0 Å². The quantitative estimate of drug-likeness (QED) is 0.700. The summed E-state index contributed by atoms with van der Waals surface area (Å²) in [7, 11) is -3.59. The Labute approximate surface area is 117 Å². The number of nitrogens with zero attached hydrogens (tertiary/aromatic N) is 1. The minimum atomic E-state index is -3.59. The fraction of sp³-hybridized carbons (Fsp3) is 0.154. The molecule has 104 valence electrons. The largest absolute Gasteiger partial charge is 0.347 e. The molecule has 0 bridgehead atoms. The Kier molecular flexibility index (Phi) is 4.53. The first-order chi connectivity index (χ1) is 9.62. The molecule has 0 spiro atoms. The van der Waals surface area contributed by atoms with Crippen molar-refractivity contribution in [3.05, 3.63) is 48.0 Å². The predicted octanol–water partition coefficient (Wildman–Crippen LogP) is 0.198. The molecule has 4 N–H and O–H groups in total. The highest BCUT2D eigenvalue weighted by atomic mass is 32.2. The van der Waals surface area contributed by atoms with Gasteiger partial charge in [0.2, 0.25) is 10.0 Å². The van der Waals surface area contributed by atoms with E-state index in [1.807, 2.05) is 0 Å². The van der Waals surface area contributed by atoms with Gasteiger partial charge < -0.3 is 10.7 Å². The summed E-state index contributed by atoms with van der Waals surface area (Å²) in [5.41, 5.74) is 5.90. The Morgan fingerprint density at radius 1 is 1.40 bits per heavy atom. The molecule has 0 saturated carbocycles. The second-order valence-corrected chi connectivity index (χ2v) is 5.66. The van der Waals surface area contributed by atoms with E-state index in [9.17, 15) is 8.42 Å². The van der Waals surface area contributed by atoms with Gasteiger partial charge in [0.15, 0.2) is 0 Å². The fourth-order valence-electron chi connectivity index (χ4n) is 1.54. The highest BCUT2D eigenvalue weighted by molar-refractivity contribution is 7.89. The van der Waals surface area contributed by atoms with Gasteiger partial charge in [-0.3, -0.25) is 0 Å². The third-order valence-corrected chi connectivity index (χ3v) is 3.86. The van der Waals surface area contributed by atoms with Gasteiger partial charge in [0.05, 0.1) is 18.0 Å². The molecule has 1 aromatic carbocycles. The number of nitrogens with one attached hydrogen (secondary N) is 2. The van der Waals surface area contributed by atoms with Gasteiger partial charge in [-0.2, -0.15) is 0 Å². The average molecular weight is 290 g/mol. The van der Waals surface area contributed by atoms with Crippen molar-refractivity contribution in [2.45, 2.75) is 11.4 Å². The number of H-pyrrole nitrogens is 1. The maximum absolute atomic E-state index is 12.1. The Balaban J connectivity index is 2.16. The molecule has 6 nitrogen and oxygen atoms in total. The zero-order valence-corrected chi connectivity index (χ0v) is 11.4. The predicted molar refractivity (Wildman–Crippen MR) is 75.0 cm³/mol. The number of benzene rings is 1. The summed E-state index contributed by atoms with van der Waals surface area (Å²) in [5, 5.41) is 0. The summed E-state index contributed by atoms with van der Waals surface area (Å²) in [6.45, 7) is 0.335. The van der Waals surface area contributed by atoms with Crippen molar-refractivity contribution in [3.8, 4) is 11.8 Å². The summed E-state index contributed by atoms with van der Waals surface area (Å²) in [6.07, 6.45) is 3.19. The van der Waals surface area contributed by atoms with Gasteiger partial charge in [0.1, 0.15) is 5.82 Å². The monoisotopic (exact) mass is 290 g/mol. The molecule has 20 heavy (non-hydrogen) atoms. The van der Waals surface area contributed by atoms with Crippen LogP contribution in [0.4, 0.5) is 0 Å². The third kappa shape index (κ3) is 3.68. The first kappa shape index (κ1) is 14.3. The zero-order chi connectivity index (χ0) is 14.4. The lowest BCUT2D eigenvalue weighted by atomic mass is 10.2. The summed E-state index contributed by atoms with van der Waals surface area (Å²) in [4.78, 5) is 6.94. The lowest BCUT2D eigenvalue weighted by molar-refractivity contribution is 0.579. The van der Waals surface area contributed by atoms with Gasteiger partial charge in [0.25, 0.3) is 0 Å². The molecular formula is C13H14N4O2S. The van der Waals surface area contributed by atoms with E-state index in [0.29, 0.717) is 11.4 Å². The van der Waals surface area contributed by atoms with E-state index < -0.39 is 10.0 Å². The van der Waals surface area contributed by atoms with Gasteiger partial charge >= 0.3 is 0 Å². The minimum absolute atomic E-state index is 0.105. The summed E-state index contributed by atoms with van der Waals surface area (Å²) >= 11 is 0. The molecule has 0 atom stereocenters. The number of hydrogen-bond acceptors (Lipinski definition) is 4. The average Bonchev–Trinajstić information content (AvgIpc) is 2.97. The van der Waals surface area contributed by atoms with E-state index >= 15 is 0 Å². The number of hydrogen-bond donors (Lipinski definition) is 3. The fourth-order valence-corrected chi connectivity index (χ4v) is 2.57. The van der Waals surface area contributed by atoms with Gasteiger partial charge in [-0.1, -0.05) is 17.9 Å². The molecule has 2 rings (SSSR count). The highest BCUT2D eigenvalue weighted by Crippen LogP contribution is 2.11. The lowest BCUT2D eigenvalue weighted by Gasteiger charge is -2.05. The minimum Gasteiger partial charge on any atom is -0.347 e. The SMILES string of the molecule is NCC#Cc1cccc(S(=O)(=O)NCc2ncc[nH]2)c1. The molecule has 0 aliphatic heterocycles. The smallest absolute Gasteiger partial charge is 0.241 e. The van der Waals surface area contributed by atoms with Crippen LogP contribution in [0.5, 0.6) is 0 Å². The Hall–Kier alpha value is -2.14. The van der Waals surface area contributed by atoms with Crippen LogP contribution in [0.3, 0.4) is 0 Å². The first-order valence-electron chi connectivity index (χ1n) is 5.89. The Bertz CT molecular complexity index is 727. The number of aromatic nitrogens is 2. The van der Waals surface area contributed by atoms with Gasteiger partial charge in [-0.05, 0) is 18.2 Å². The number of aromatic amines is 1. The Morgan fingerprint density at radius 3 is 2.95 bits per heavy atom. The van der Waals surface area contributed by atoms with Crippen LogP contribution in [0.25, 0.3) is 0 Å². The van der Waals surface area contributed by atoms with Gasteiger partial charge in [-0.25, -0.2) is 18.1 Å². The van der Waals surface area contributed by atoms with Crippen LogP contribution in [0.2, 0.25) is 0 Å². The second kappa shape index (κ2) is 6.34. The van der Waals surface area contributed by atoms with E-state index in [4.69, 9.17) is 5.73 Å². The van der Waals surface area contributed by atoms with Gasteiger partial charge in [-0.15, -0.1) is 0 Å². The van der Waals surface area contributed by atoms with Crippen molar-refractivity contribution in [3.63, 3.8) is 0 Å². The van der Waals surface area contributed by atoms with Crippen LogP contribution in [0.1, 0.15) is 11.4 Å². The van der Waals surface area contributed by atoms with E-state index in [1.54, 1.807) is 24.5 Å². The van der Waals surface area contributed by atoms with E-state index in [2.05, 4.69) is 26.5 Å². The molecule has 1 aromatic heterocycles. The van der Waals surface area contributed by atoms with Crippen molar-refractivity contribution < 1.29 is 8.42 Å². The molecule has 0 radical (unpaired) electrons. The second-order valence-electron chi connectivity index (χ2n) is 3.89. The molecule has 0 saturated heterocycles. The topological polar surface area (TPSA) is 101 Å². The molecule has 0 fully saturated rings. The van der Waals surface area contributed by atoms with Crippen molar-refractivity contribution in [2.24, 2.45) is 5.73 Å². The van der Waals surface area contributed by atoms with E-state index in [1.165, 1.54) is 12.1 Å². The molecule has 0 unspecified atom stereocenters. The molecule has 2 aromatic rings. The van der Waals surface area contributed by atoms with Crippen molar-refractivity contribution in [2.75, 3.05) is 6.54 Å². The highest BCUT2D eigenvalue weighted by Gasteiger charge is 2.14. The summed E-state index contributed by atoms with van der Waals surface area (Å²) < 4.78 is 26.7. The summed E-state index contributed by atoms with van der Waals surface area (Å²) in [5.74, 6) is 6.03. The van der Waals surface area contributed by atoms with Crippen molar-refractivity contribution in [1.29, 1.82) is 0 Å². The summed E-state index contributed by atoms with van der Waals surface area (Å²) in [6, 6.07) is 6.39. The first-order valence-corrected chi connectivity index (χ1v) is 7.37. The van der Waals surface area contributed by atoms with Crippen LogP contribution in [-0.2, 0) is 16.6 Å². The maximum Gasteiger partial charge on any atom is 0.241 e. The molecule has 7 heteroatoms. The van der Waals surface area contributed by atoms with Gasteiger partial charge in [0, 0.05) is 18.0 Å². The molecule has 1 heterocycles. The molecule has 0 aliphatic rings. The standard InChI is InChI=1S/C13H14N4O2S/c14-6-2-4-11-3-1-5-12(9-11)20(18,19)17-10-13-15-7-8-16-13/h1,3,5,7-9,17H,6,10,14H2,(H,15,16). The number of sulfonamides is 1. The molecule has 0 amide bonds. The Morgan fingerprint density at radius 2 is 2.25 bits per heavy atom. The number of rotatable bonds is 4. The molecule has 0 aliphatic carbocycles. The van der Waals surface area contributed by atoms with Crippen LogP contribution in [0, 0.1) is 11.8 Å².